The molecule has 0 spiro atoms. The zero-order chi connectivity index (χ0) is 11.3. The van der Waals surface area contributed by atoms with E-state index in [2.05, 4.69) is 20.0 Å². The molecule has 0 saturated carbocycles. The Kier molecular flexibility index (Phi) is 4.07. The monoisotopic (exact) mass is 223 g/mol. The summed E-state index contributed by atoms with van der Waals surface area (Å²) in [6.45, 7) is 0.665. The van der Waals surface area contributed by atoms with Gasteiger partial charge in [0.25, 0.3) is 0 Å². The molecule has 0 aliphatic carbocycles. The van der Waals surface area contributed by atoms with E-state index >= 15 is 0 Å². The van der Waals surface area contributed by atoms with Crippen molar-refractivity contribution in [3.05, 3.63) is 11.7 Å². The van der Waals surface area contributed by atoms with E-state index in [4.69, 9.17) is 0 Å². The van der Waals surface area contributed by atoms with E-state index in [0.29, 0.717) is 18.8 Å². The number of halogens is 3. The largest absolute Gasteiger partial charge is 0.389 e. The van der Waals surface area contributed by atoms with Gasteiger partial charge in [-0.05, 0) is 7.05 Å². The van der Waals surface area contributed by atoms with Gasteiger partial charge in [-0.25, -0.2) is 0 Å². The van der Waals surface area contributed by atoms with Gasteiger partial charge in [0.15, 0.2) is 5.82 Å². The van der Waals surface area contributed by atoms with Crippen molar-refractivity contribution in [2.45, 2.75) is 25.4 Å². The van der Waals surface area contributed by atoms with Gasteiger partial charge >= 0.3 is 6.18 Å². The summed E-state index contributed by atoms with van der Waals surface area (Å²) in [5.41, 5.74) is 0. The maximum atomic E-state index is 11.9. The van der Waals surface area contributed by atoms with E-state index in [1.165, 1.54) is 0 Å². The van der Waals surface area contributed by atoms with Gasteiger partial charge < -0.3 is 9.84 Å². The predicted octanol–water partition coefficient (Wildman–Crippen LogP) is 1.33. The van der Waals surface area contributed by atoms with Gasteiger partial charge in [0.05, 0.1) is 6.42 Å². The minimum absolute atomic E-state index is 0.0402. The van der Waals surface area contributed by atoms with Crippen LogP contribution < -0.4 is 5.32 Å². The Balaban J connectivity index is 2.39. The van der Waals surface area contributed by atoms with Crippen molar-refractivity contribution in [3.63, 3.8) is 0 Å². The fourth-order valence-electron chi connectivity index (χ4n) is 0.979. The zero-order valence-corrected chi connectivity index (χ0v) is 8.26. The molecule has 86 valence electrons. The second-order valence-corrected chi connectivity index (χ2v) is 3.07. The lowest BCUT2D eigenvalue weighted by atomic mass is 10.3. The zero-order valence-electron chi connectivity index (χ0n) is 8.26. The lowest BCUT2D eigenvalue weighted by molar-refractivity contribution is -0.134. The first kappa shape index (κ1) is 12.0. The highest BCUT2D eigenvalue weighted by Gasteiger charge is 2.27. The maximum Gasteiger partial charge on any atom is 0.389 e. The number of hydrogen-bond donors (Lipinski definition) is 1. The first-order chi connectivity index (χ1) is 7.01. The molecule has 1 rings (SSSR count). The fraction of sp³-hybridized carbons (Fsp3) is 0.750. The van der Waals surface area contributed by atoms with E-state index in [0.717, 1.165) is 0 Å². The van der Waals surface area contributed by atoms with Crippen LogP contribution in [0.5, 0.6) is 0 Å². The molecule has 0 aliphatic rings. The van der Waals surface area contributed by atoms with E-state index in [1.54, 1.807) is 7.05 Å². The van der Waals surface area contributed by atoms with Crippen LogP contribution in [0.25, 0.3) is 0 Å². The lowest BCUT2D eigenvalue weighted by Crippen LogP contribution is -2.11. The molecule has 4 nitrogen and oxygen atoms in total. The molecule has 0 bridgehead atoms. The number of alkyl halides is 3. The average molecular weight is 223 g/mol. The van der Waals surface area contributed by atoms with Crippen LogP contribution in [0.15, 0.2) is 4.52 Å². The number of likely N-dealkylation sites (N-methyl/N-ethyl adjacent to an activating group) is 1. The van der Waals surface area contributed by atoms with Gasteiger partial charge in [0.1, 0.15) is 0 Å². The summed E-state index contributed by atoms with van der Waals surface area (Å²) in [5, 5.41) is 6.44. The molecule has 1 N–H and O–H groups in total. The summed E-state index contributed by atoms with van der Waals surface area (Å²) >= 11 is 0. The minimum atomic E-state index is -4.18. The topological polar surface area (TPSA) is 51.0 Å². The van der Waals surface area contributed by atoms with E-state index in [9.17, 15) is 13.2 Å². The number of nitrogens with one attached hydrogen (secondary N) is 1. The van der Waals surface area contributed by atoms with Crippen LogP contribution in [-0.4, -0.2) is 29.9 Å². The minimum Gasteiger partial charge on any atom is -0.339 e. The van der Waals surface area contributed by atoms with E-state index in [1.807, 2.05) is 0 Å². The van der Waals surface area contributed by atoms with E-state index < -0.39 is 12.6 Å². The number of aryl methyl sites for hydroxylation is 1. The molecule has 1 aromatic heterocycles. The summed E-state index contributed by atoms with van der Waals surface area (Å²) in [6.07, 6.45) is -4.82. The second kappa shape index (κ2) is 5.11. The van der Waals surface area contributed by atoms with Crippen molar-refractivity contribution in [2.75, 3.05) is 13.6 Å². The standard InChI is InChI=1S/C8H12F3N3O/c1-12-5-3-6-13-7(15-14-6)2-4-8(9,10)11/h12H,2-5H2,1H3. The number of rotatable bonds is 5. The third-order valence-electron chi connectivity index (χ3n) is 1.73. The molecule has 0 amide bonds. The number of nitrogens with zero attached hydrogens (tertiary/aromatic N) is 2. The summed E-state index contributed by atoms with van der Waals surface area (Å²) in [7, 11) is 1.77. The number of aromatic nitrogens is 2. The van der Waals surface area contributed by atoms with Crippen LogP contribution in [0.3, 0.4) is 0 Å². The molecule has 0 fully saturated rings. The van der Waals surface area contributed by atoms with Crippen molar-refractivity contribution in [1.82, 2.24) is 15.5 Å². The molecule has 15 heavy (non-hydrogen) atoms. The normalized spacial score (nSPS) is 12.0. The molecule has 0 atom stereocenters. The van der Waals surface area contributed by atoms with Crippen molar-refractivity contribution < 1.29 is 17.7 Å². The molecule has 1 heterocycles. The van der Waals surface area contributed by atoms with Crippen molar-refractivity contribution in [2.24, 2.45) is 0 Å². The maximum absolute atomic E-state index is 11.9. The molecule has 0 aromatic carbocycles. The Morgan fingerprint density at radius 2 is 2.07 bits per heavy atom. The third kappa shape index (κ3) is 4.78. The Morgan fingerprint density at radius 1 is 1.33 bits per heavy atom. The van der Waals surface area contributed by atoms with Crippen LogP contribution >= 0.6 is 0 Å². The molecular weight excluding hydrogens is 211 g/mol. The van der Waals surface area contributed by atoms with Gasteiger partial charge in [0, 0.05) is 19.4 Å². The van der Waals surface area contributed by atoms with Crippen LogP contribution in [0.1, 0.15) is 18.1 Å². The Bertz CT molecular complexity index is 298. The van der Waals surface area contributed by atoms with Gasteiger partial charge in [-0.1, -0.05) is 5.16 Å². The third-order valence-corrected chi connectivity index (χ3v) is 1.73. The van der Waals surface area contributed by atoms with Crippen LogP contribution in [0, 0.1) is 0 Å². The highest BCUT2D eigenvalue weighted by molar-refractivity contribution is 4.87. The molecule has 0 radical (unpaired) electrons. The Hall–Kier alpha value is -1.11. The highest BCUT2D eigenvalue weighted by atomic mass is 19.4. The Labute approximate surface area is 84.9 Å². The number of hydrogen-bond acceptors (Lipinski definition) is 4. The van der Waals surface area contributed by atoms with Crippen LogP contribution in [-0.2, 0) is 12.8 Å². The fourth-order valence-corrected chi connectivity index (χ4v) is 0.979. The Morgan fingerprint density at radius 3 is 2.67 bits per heavy atom. The molecule has 0 unspecified atom stereocenters. The van der Waals surface area contributed by atoms with Crippen LogP contribution in [0.2, 0.25) is 0 Å². The van der Waals surface area contributed by atoms with Crippen molar-refractivity contribution in [1.29, 1.82) is 0 Å². The quantitative estimate of drug-likeness (QED) is 0.818. The summed E-state index contributed by atoms with van der Waals surface area (Å²) in [4.78, 5) is 3.83. The average Bonchev–Trinajstić information content (AvgIpc) is 2.58. The van der Waals surface area contributed by atoms with E-state index in [-0.39, 0.29) is 12.3 Å². The SMILES string of the molecule is CNCCc1noc(CCC(F)(F)F)n1. The van der Waals surface area contributed by atoms with Gasteiger partial charge in [-0.15, -0.1) is 0 Å². The van der Waals surface area contributed by atoms with Gasteiger partial charge in [-0.2, -0.15) is 18.2 Å². The van der Waals surface area contributed by atoms with Gasteiger partial charge in [-0.3, -0.25) is 0 Å². The molecule has 0 aliphatic heterocycles. The van der Waals surface area contributed by atoms with Gasteiger partial charge in [0.2, 0.25) is 5.89 Å². The lowest BCUT2D eigenvalue weighted by Gasteiger charge is -2.01. The summed E-state index contributed by atoms with van der Waals surface area (Å²) in [6, 6.07) is 0. The first-order valence-corrected chi connectivity index (χ1v) is 4.54. The molecule has 1 aromatic rings. The summed E-state index contributed by atoms with van der Waals surface area (Å²) in [5.74, 6) is 0.472. The molecule has 7 heteroatoms. The predicted molar refractivity (Wildman–Crippen MR) is 46.3 cm³/mol. The molecule has 0 saturated heterocycles. The van der Waals surface area contributed by atoms with Crippen molar-refractivity contribution in [3.8, 4) is 0 Å². The second-order valence-electron chi connectivity index (χ2n) is 3.07. The van der Waals surface area contributed by atoms with Crippen molar-refractivity contribution >= 4 is 0 Å². The highest BCUT2D eigenvalue weighted by Crippen LogP contribution is 2.21. The summed E-state index contributed by atoms with van der Waals surface area (Å²) < 4.78 is 40.2. The first-order valence-electron chi connectivity index (χ1n) is 4.54. The molecular formula is C8H12F3N3O. The smallest absolute Gasteiger partial charge is 0.339 e. The van der Waals surface area contributed by atoms with Crippen LogP contribution in [0.4, 0.5) is 13.2 Å².